The van der Waals surface area contributed by atoms with Crippen LogP contribution in [0, 0.1) is 0 Å². The summed E-state index contributed by atoms with van der Waals surface area (Å²) in [5.74, 6) is -0.904. The van der Waals surface area contributed by atoms with Crippen molar-refractivity contribution in [3.05, 3.63) is 23.3 Å². The average Bonchev–Trinajstić information content (AvgIpc) is 1.90. The second kappa shape index (κ2) is 2.59. The van der Waals surface area contributed by atoms with Gasteiger partial charge in [-0.1, -0.05) is 0 Å². The molecule has 0 radical (unpaired) electrons. The molecule has 0 aliphatic carbocycles. The normalized spacial score (nSPS) is 16.2. The molecule has 0 saturated carbocycles. The lowest BCUT2D eigenvalue weighted by Gasteiger charge is -2.01. The van der Waals surface area contributed by atoms with Crippen LogP contribution in [0.4, 0.5) is 0 Å². The first-order valence-corrected chi connectivity index (χ1v) is 3.20. The molecule has 1 aliphatic rings. The Balaban J connectivity index is 2.69. The van der Waals surface area contributed by atoms with Gasteiger partial charge in [0.1, 0.15) is 0 Å². The minimum atomic E-state index is -0.904. The van der Waals surface area contributed by atoms with Gasteiger partial charge >= 0.3 is 5.97 Å². The van der Waals surface area contributed by atoms with Crippen LogP contribution in [-0.2, 0) is 4.79 Å². The predicted molar refractivity (Wildman–Crippen MR) is 35.6 cm³/mol. The molecule has 0 fully saturated rings. The van der Waals surface area contributed by atoms with Gasteiger partial charge in [0.15, 0.2) is 0 Å². The third-order valence-corrected chi connectivity index (χ3v) is 1.37. The summed E-state index contributed by atoms with van der Waals surface area (Å²) in [6.07, 6.45) is 3.00. The fourth-order valence-corrected chi connectivity index (χ4v) is 0.913. The molecule has 0 saturated heterocycles. The predicted octanol–water partition coefficient (Wildman–Crippen LogP) is 0.720. The van der Waals surface area contributed by atoms with Crippen molar-refractivity contribution < 1.29 is 9.90 Å². The van der Waals surface area contributed by atoms with E-state index in [0.29, 0.717) is 0 Å². The first kappa shape index (κ1) is 6.22. The molecule has 1 heterocycles. The molecule has 0 aromatic rings. The summed E-state index contributed by atoms with van der Waals surface area (Å²) >= 11 is 1.35. The molecule has 2 N–H and O–H groups in total. The van der Waals surface area contributed by atoms with Crippen molar-refractivity contribution in [3.8, 4) is 0 Å². The zero-order valence-electron chi connectivity index (χ0n) is 4.50. The number of carboxylic acids is 1. The number of hydrogen-bond acceptors (Lipinski definition) is 3. The summed E-state index contributed by atoms with van der Waals surface area (Å²) in [6.45, 7) is 0. The topological polar surface area (TPSA) is 49.3 Å². The third kappa shape index (κ3) is 1.50. The van der Waals surface area contributed by atoms with Gasteiger partial charge in [-0.2, -0.15) is 0 Å². The molecule has 1 aliphatic heterocycles. The molecule has 48 valence electrons. The van der Waals surface area contributed by atoms with E-state index in [2.05, 4.69) is 4.72 Å². The van der Waals surface area contributed by atoms with E-state index in [4.69, 9.17) is 5.11 Å². The number of rotatable bonds is 1. The lowest BCUT2D eigenvalue weighted by Crippen LogP contribution is -2.04. The first-order chi connectivity index (χ1) is 4.30. The van der Waals surface area contributed by atoms with Crippen molar-refractivity contribution in [3.63, 3.8) is 0 Å². The summed E-state index contributed by atoms with van der Waals surface area (Å²) in [7, 11) is 0. The summed E-state index contributed by atoms with van der Waals surface area (Å²) < 4.78 is 2.70. The van der Waals surface area contributed by atoms with Gasteiger partial charge in [-0.3, -0.25) is 0 Å². The number of aliphatic carboxylic acids is 1. The zero-order valence-corrected chi connectivity index (χ0v) is 5.31. The highest BCUT2D eigenvalue weighted by Crippen LogP contribution is 2.07. The van der Waals surface area contributed by atoms with Gasteiger partial charge in [-0.25, -0.2) is 4.79 Å². The van der Waals surface area contributed by atoms with Crippen LogP contribution >= 0.6 is 11.9 Å². The van der Waals surface area contributed by atoms with Crippen molar-refractivity contribution in [2.45, 2.75) is 0 Å². The van der Waals surface area contributed by atoms with Gasteiger partial charge in [0.25, 0.3) is 0 Å². The Morgan fingerprint density at radius 3 is 2.89 bits per heavy atom. The number of nitrogens with one attached hydrogen (secondary N) is 1. The van der Waals surface area contributed by atoms with Gasteiger partial charge in [-0.05, 0) is 23.4 Å². The van der Waals surface area contributed by atoms with Crippen molar-refractivity contribution >= 4 is 17.9 Å². The number of carboxylic acid groups (broad SMARTS) is 1. The lowest BCUT2D eigenvalue weighted by molar-refractivity contribution is -0.132. The monoisotopic (exact) mass is 143 g/mol. The minimum Gasteiger partial charge on any atom is -0.478 e. The maximum Gasteiger partial charge on any atom is 0.337 e. The minimum absolute atomic E-state index is 0.286. The maximum atomic E-state index is 10.2. The van der Waals surface area contributed by atoms with Crippen molar-refractivity contribution in [1.82, 2.24) is 4.72 Å². The molecule has 0 spiro atoms. The van der Waals surface area contributed by atoms with Crippen molar-refractivity contribution in [2.24, 2.45) is 0 Å². The SMILES string of the molecule is O=C(O)C1=CNSC=C1. The van der Waals surface area contributed by atoms with E-state index < -0.39 is 5.97 Å². The Bertz CT molecular complexity index is 185. The van der Waals surface area contributed by atoms with E-state index in [1.807, 2.05) is 0 Å². The molecule has 0 atom stereocenters. The van der Waals surface area contributed by atoms with Crippen LogP contribution in [0.5, 0.6) is 0 Å². The number of hydrogen-bond donors (Lipinski definition) is 2. The molecule has 9 heavy (non-hydrogen) atoms. The van der Waals surface area contributed by atoms with Crippen LogP contribution in [0.3, 0.4) is 0 Å². The van der Waals surface area contributed by atoms with E-state index in [9.17, 15) is 4.79 Å². The molecule has 0 aromatic carbocycles. The van der Waals surface area contributed by atoms with Crippen LogP contribution < -0.4 is 4.72 Å². The van der Waals surface area contributed by atoms with E-state index >= 15 is 0 Å². The highest BCUT2D eigenvalue weighted by atomic mass is 32.2. The van der Waals surface area contributed by atoms with Gasteiger partial charge in [0.05, 0.1) is 5.57 Å². The Hall–Kier alpha value is -0.900. The standard InChI is InChI=1S/C5H5NO2S/c7-5(8)4-1-2-9-6-3-4/h1-3,6H,(H,7,8). The second-order valence-corrected chi connectivity index (χ2v) is 2.19. The van der Waals surface area contributed by atoms with Crippen LogP contribution in [0.2, 0.25) is 0 Å². The van der Waals surface area contributed by atoms with Gasteiger partial charge in [0.2, 0.25) is 0 Å². The zero-order chi connectivity index (χ0) is 6.69. The summed E-state index contributed by atoms with van der Waals surface area (Å²) in [5, 5.41) is 10.1. The van der Waals surface area contributed by atoms with Crippen LogP contribution in [-0.4, -0.2) is 11.1 Å². The fraction of sp³-hybridized carbons (Fsp3) is 0. The molecule has 0 aromatic heterocycles. The molecule has 0 bridgehead atoms. The molecule has 0 amide bonds. The summed E-state index contributed by atoms with van der Waals surface area (Å²) in [6, 6.07) is 0. The van der Waals surface area contributed by atoms with E-state index in [1.165, 1.54) is 18.1 Å². The molecular weight excluding hydrogens is 138 g/mol. The van der Waals surface area contributed by atoms with Crippen LogP contribution in [0.15, 0.2) is 23.3 Å². The van der Waals surface area contributed by atoms with Gasteiger partial charge in [0, 0.05) is 6.20 Å². The van der Waals surface area contributed by atoms with E-state index in [0.717, 1.165) is 0 Å². The summed E-state index contributed by atoms with van der Waals surface area (Å²) in [5.41, 5.74) is 0.286. The molecule has 4 heteroatoms. The van der Waals surface area contributed by atoms with Crippen molar-refractivity contribution in [1.29, 1.82) is 0 Å². The van der Waals surface area contributed by atoms with Crippen molar-refractivity contribution in [2.75, 3.05) is 0 Å². The molecule has 3 nitrogen and oxygen atoms in total. The van der Waals surface area contributed by atoms with E-state index in [-0.39, 0.29) is 5.57 Å². The Morgan fingerprint density at radius 2 is 2.56 bits per heavy atom. The summed E-state index contributed by atoms with van der Waals surface area (Å²) in [4.78, 5) is 10.2. The average molecular weight is 143 g/mol. The van der Waals surface area contributed by atoms with Crippen LogP contribution in [0.25, 0.3) is 0 Å². The lowest BCUT2D eigenvalue weighted by atomic mass is 10.3. The first-order valence-electron chi connectivity index (χ1n) is 2.32. The second-order valence-electron chi connectivity index (χ2n) is 1.44. The molecular formula is C5H5NO2S. The quantitative estimate of drug-likeness (QED) is 0.531. The third-order valence-electron chi connectivity index (χ3n) is 0.845. The van der Waals surface area contributed by atoms with E-state index in [1.54, 1.807) is 11.5 Å². The molecule has 1 rings (SSSR count). The van der Waals surface area contributed by atoms with Gasteiger partial charge in [-0.15, -0.1) is 0 Å². The smallest absolute Gasteiger partial charge is 0.337 e. The Kier molecular flexibility index (Phi) is 1.79. The fourth-order valence-electron chi connectivity index (χ4n) is 0.425. The Morgan fingerprint density at radius 1 is 1.78 bits per heavy atom. The maximum absolute atomic E-state index is 10.2. The van der Waals surface area contributed by atoms with Gasteiger partial charge < -0.3 is 9.83 Å². The highest BCUT2D eigenvalue weighted by Gasteiger charge is 2.03. The largest absolute Gasteiger partial charge is 0.478 e. The highest BCUT2D eigenvalue weighted by molar-refractivity contribution is 8.00. The number of carbonyl (C=O) groups is 1. The molecule has 0 unspecified atom stereocenters. The van der Waals surface area contributed by atoms with Crippen LogP contribution in [0.1, 0.15) is 0 Å². The Labute approximate surface area is 56.6 Å².